The van der Waals surface area contributed by atoms with Gasteiger partial charge in [-0.1, -0.05) is 36.4 Å². The van der Waals surface area contributed by atoms with E-state index in [1.165, 1.54) is 0 Å². The Morgan fingerprint density at radius 2 is 1.69 bits per heavy atom. The average Bonchev–Trinajstić information content (AvgIpc) is 2.85. The Hall–Kier alpha value is -3.74. The zero-order valence-electron chi connectivity index (χ0n) is 18.8. The second-order valence-electron chi connectivity index (χ2n) is 7.07. The molecule has 0 saturated heterocycles. The molecule has 0 atom stereocenters. The van der Waals surface area contributed by atoms with Crippen LogP contribution >= 0.6 is 0 Å². The van der Waals surface area contributed by atoms with Crippen LogP contribution in [0.25, 0.3) is 0 Å². The summed E-state index contributed by atoms with van der Waals surface area (Å²) in [6.07, 6.45) is 2.58. The smallest absolute Gasteiger partial charge is 0.213 e. The summed E-state index contributed by atoms with van der Waals surface area (Å²) in [5.41, 5.74) is 3.32. The Morgan fingerprint density at radius 3 is 2.44 bits per heavy atom. The van der Waals surface area contributed by atoms with Gasteiger partial charge < -0.3 is 24.8 Å². The SMILES string of the molecule is CN=C(NCCc1ccc(OC)c(OC)c1)NCc1ccnc(OCc2ccccc2)c1. The maximum atomic E-state index is 5.81. The zero-order valence-corrected chi connectivity index (χ0v) is 18.8. The Labute approximate surface area is 189 Å². The molecule has 3 aromatic rings. The summed E-state index contributed by atoms with van der Waals surface area (Å²) in [7, 11) is 5.03. The lowest BCUT2D eigenvalue weighted by Crippen LogP contribution is -2.37. The van der Waals surface area contributed by atoms with Gasteiger partial charge in [0.25, 0.3) is 0 Å². The predicted octanol–water partition coefficient (Wildman–Crippen LogP) is 3.59. The van der Waals surface area contributed by atoms with Crippen molar-refractivity contribution in [3.05, 3.63) is 83.6 Å². The molecule has 0 spiro atoms. The first kappa shape index (κ1) is 22.9. The maximum absolute atomic E-state index is 5.81. The molecule has 2 N–H and O–H groups in total. The third kappa shape index (κ3) is 6.91. The van der Waals surface area contributed by atoms with Crippen LogP contribution in [0.2, 0.25) is 0 Å². The summed E-state index contributed by atoms with van der Waals surface area (Å²) >= 11 is 0. The predicted molar refractivity (Wildman–Crippen MR) is 126 cm³/mol. The number of pyridine rings is 1. The van der Waals surface area contributed by atoms with Gasteiger partial charge in [0, 0.05) is 32.4 Å². The summed E-state index contributed by atoms with van der Waals surface area (Å²) in [5, 5.41) is 6.66. The van der Waals surface area contributed by atoms with E-state index in [4.69, 9.17) is 14.2 Å². The molecule has 0 fully saturated rings. The van der Waals surface area contributed by atoms with E-state index in [0.717, 1.165) is 47.1 Å². The van der Waals surface area contributed by atoms with Crippen LogP contribution in [0.3, 0.4) is 0 Å². The van der Waals surface area contributed by atoms with E-state index in [1.54, 1.807) is 27.5 Å². The normalized spacial score (nSPS) is 11.0. The molecule has 0 aliphatic rings. The van der Waals surface area contributed by atoms with Crippen molar-refractivity contribution in [3.63, 3.8) is 0 Å². The molecule has 0 bridgehead atoms. The number of nitrogens with zero attached hydrogens (tertiary/aromatic N) is 2. The van der Waals surface area contributed by atoms with Crippen LogP contribution in [-0.4, -0.2) is 38.8 Å². The van der Waals surface area contributed by atoms with Crippen molar-refractivity contribution in [1.82, 2.24) is 15.6 Å². The van der Waals surface area contributed by atoms with Gasteiger partial charge in [0.1, 0.15) is 6.61 Å². The molecule has 1 heterocycles. The van der Waals surface area contributed by atoms with Gasteiger partial charge in [-0.05, 0) is 41.3 Å². The van der Waals surface area contributed by atoms with Crippen LogP contribution in [0.1, 0.15) is 16.7 Å². The monoisotopic (exact) mass is 434 g/mol. The Morgan fingerprint density at radius 1 is 0.875 bits per heavy atom. The second kappa shape index (κ2) is 12.2. The highest BCUT2D eigenvalue weighted by Crippen LogP contribution is 2.27. The average molecular weight is 435 g/mol. The molecule has 168 valence electrons. The molecule has 0 saturated carbocycles. The van der Waals surface area contributed by atoms with Gasteiger partial charge in [0.05, 0.1) is 14.2 Å². The van der Waals surface area contributed by atoms with E-state index < -0.39 is 0 Å². The number of benzene rings is 2. The van der Waals surface area contributed by atoms with Crippen molar-refractivity contribution in [1.29, 1.82) is 0 Å². The first-order valence-corrected chi connectivity index (χ1v) is 10.5. The van der Waals surface area contributed by atoms with Crippen LogP contribution < -0.4 is 24.8 Å². The quantitative estimate of drug-likeness (QED) is 0.375. The van der Waals surface area contributed by atoms with E-state index in [-0.39, 0.29) is 0 Å². The lowest BCUT2D eigenvalue weighted by Gasteiger charge is -2.13. The van der Waals surface area contributed by atoms with Crippen LogP contribution in [0, 0.1) is 0 Å². The standard InChI is InChI=1S/C25H30N4O3/c1-26-25(28-14-11-19-9-10-22(30-2)23(15-19)31-3)29-17-21-12-13-27-24(16-21)32-18-20-7-5-4-6-8-20/h4-10,12-13,15-16H,11,14,17-18H2,1-3H3,(H2,26,28,29). The topological polar surface area (TPSA) is 77.0 Å². The number of guanidine groups is 1. The Balaban J connectivity index is 1.46. The maximum Gasteiger partial charge on any atom is 0.213 e. The molecule has 7 nitrogen and oxygen atoms in total. The van der Waals surface area contributed by atoms with Crippen LogP contribution in [0.4, 0.5) is 0 Å². The fourth-order valence-corrected chi connectivity index (χ4v) is 3.14. The number of aromatic nitrogens is 1. The van der Waals surface area contributed by atoms with Gasteiger partial charge in [-0.3, -0.25) is 4.99 Å². The van der Waals surface area contributed by atoms with Crippen molar-refractivity contribution >= 4 is 5.96 Å². The molecule has 0 amide bonds. The van der Waals surface area contributed by atoms with Gasteiger partial charge in [0.2, 0.25) is 5.88 Å². The van der Waals surface area contributed by atoms with Crippen LogP contribution in [0.15, 0.2) is 71.9 Å². The Kier molecular flexibility index (Phi) is 8.74. The number of ether oxygens (including phenoxy) is 3. The molecule has 2 aromatic carbocycles. The molecule has 0 aliphatic heterocycles. The number of hydrogen-bond donors (Lipinski definition) is 2. The molecule has 0 unspecified atom stereocenters. The van der Waals surface area contributed by atoms with E-state index >= 15 is 0 Å². The van der Waals surface area contributed by atoms with E-state index in [9.17, 15) is 0 Å². The van der Waals surface area contributed by atoms with Crippen molar-refractivity contribution < 1.29 is 14.2 Å². The Bertz CT molecular complexity index is 1010. The largest absolute Gasteiger partial charge is 0.493 e. The molecule has 32 heavy (non-hydrogen) atoms. The molecule has 0 radical (unpaired) electrons. The highest BCUT2D eigenvalue weighted by Gasteiger charge is 2.06. The molecule has 7 heteroatoms. The fraction of sp³-hybridized carbons (Fsp3) is 0.280. The number of aliphatic imine (C=N–C) groups is 1. The van der Waals surface area contributed by atoms with E-state index in [2.05, 4.69) is 20.6 Å². The first-order valence-electron chi connectivity index (χ1n) is 10.5. The van der Waals surface area contributed by atoms with Gasteiger partial charge in [-0.2, -0.15) is 0 Å². The highest BCUT2D eigenvalue weighted by atomic mass is 16.5. The number of nitrogens with one attached hydrogen (secondary N) is 2. The summed E-state index contributed by atoms with van der Waals surface area (Å²) in [4.78, 5) is 8.59. The van der Waals surface area contributed by atoms with Crippen molar-refractivity contribution in [2.75, 3.05) is 27.8 Å². The third-order valence-electron chi connectivity index (χ3n) is 4.87. The summed E-state index contributed by atoms with van der Waals surface area (Å²) < 4.78 is 16.5. The minimum Gasteiger partial charge on any atom is -0.493 e. The third-order valence-corrected chi connectivity index (χ3v) is 4.87. The minimum atomic E-state index is 0.490. The summed E-state index contributed by atoms with van der Waals surface area (Å²) in [6.45, 7) is 1.83. The number of methoxy groups -OCH3 is 2. The first-order chi connectivity index (χ1) is 15.7. The zero-order chi connectivity index (χ0) is 22.6. The van der Waals surface area contributed by atoms with E-state index in [1.807, 2.05) is 60.7 Å². The molecular formula is C25H30N4O3. The molecule has 1 aromatic heterocycles. The van der Waals surface area contributed by atoms with Gasteiger partial charge in [0.15, 0.2) is 17.5 Å². The van der Waals surface area contributed by atoms with Gasteiger partial charge in [-0.15, -0.1) is 0 Å². The fourth-order valence-electron chi connectivity index (χ4n) is 3.14. The van der Waals surface area contributed by atoms with Gasteiger partial charge >= 0.3 is 0 Å². The summed E-state index contributed by atoms with van der Waals surface area (Å²) in [6, 6.07) is 19.9. The van der Waals surface area contributed by atoms with Crippen LogP contribution in [-0.2, 0) is 19.6 Å². The van der Waals surface area contributed by atoms with Crippen molar-refractivity contribution in [2.45, 2.75) is 19.6 Å². The highest BCUT2D eigenvalue weighted by molar-refractivity contribution is 5.79. The lowest BCUT2D eigenvalue weighted by molar-refractivity contribution is 0.293. The van der Waals surface area contributed by atoms with Crippen molar-refractivity contribution in [2.24, 2.45) is 4.99 Å². The molecule has 0 aliphatic carbocycles. The van der Waals surface area contributed by atoms with Gasteiger partial charge in [-0.25, -0.2) is 4.98 Å². The number of rotatable bonds is 10. The van der Waals surface area contributed by atoms with E-state index in [0.29, 0.717) is 19.0 Å². The van der Waals surface area contributed by atoms with Crippen LogP contribution in [0.5, 0.6) is 17.4 Å². The minimum absolute atomic E-state index is 0.490. The molecular weight excluding hydrogens is 404 g/mol. The molecule has 3 rings (SSSR count). The summed E-state index contributed by atoms with van der Waals surface area (Å²) in [5.74, 6) is 2.79. The van der Waals surface area contributed by atoms with Crippen molar-refractivity contribution in [3.8, 4) is 17.4 Å². The lowest BCUT2D eigenvalue weighted by atomic mass is 10.1. The second-order valence-corrected chi connectivity index (χ2v) is 7.07. The number of hydrogen-bond acceptors (Lipinski definition) is 5.